The largest absolute Gasteiger partial charge is 0.496 e. The zero-order valence-corrected chi connectivity index (χ0v) is 13.9. The van der Waals surface area contributed by atoms with Gasteiger partial charge < -0.3 is 19.5 Å². The van der Waals surface area contributed by atoms with E-state index < -0.39 is 18.5 Å². The van der Waals surface area contributed by atoms with Crippen LogP contribution in [-0.4, -0.2) is 32.7 Å². The Morgan fingerprint density at radius 1 is 1.00 bits per heavy atom. The molecule has 126 valence electrons. The first-order chi connectivity index (χ1) is 11.5. The minimum absolute atomic E-state index is 0.127. The lowest BCUT2D eigenvalue weighted by Gasteiger charge is -2.12. The molecule has 0 unspecified atom stereocenters. The van der Waals surface area contributed by atoms with Gasteiger partial charge in [0, 0.05) is 10.7 Å². The lowest BCUT2D eigenvalue weighted by Crippen LogP contribution is -2.21. The van der Waals surface area contributed by atoms with Crippen LogP contribution < -0.4 is 14.8 Å². The van der Waals surface area contributed by atoms with Gasteiger partial charge in [0.1, 0.15) is 17.1 Å². The molecule has 1 amide bonds. The normalized spacial score (nSPS) is 9.96. The smallest absolute Gasteiger partial charge is 0.346 e. The number of halogens is 1. The van der Waals surface area contributed by atoms with E-state index >= 15 is 0 Å². The van der Waals surface area contributed by atoms with Gasteiger partial charge in [0.15, 0.2) is 6.61 Å². The first-order valence-electron chi connectivity index (χ1n) is 6.98. The van der Waals surface area contributed by atoms with Crippen molar-refractivity contribution in [1.29, 1.82) is 0 Å². The van der Waals surface area contributed by atoms with Crippen molar-refractivity contribution < 1.29 is 23.8 Å². The number of anilines is 1. The summed E-state index contributed by atoms with van der Waals surface area (Å²) in [4.78, 5) is 24.1. The van der Waals surface area contributed by atoms with Gasteiger partial charge in [-0.3, -0.25) is 4.79 Å². The number of nitrogens with one attached hydrogen (secondary N) is 1. The number of amides is 1. The summed E-state index contributed by atoms with van der Waals surface area (Å²) in [5.74, 6) is -0.579. The third kappa shape index (κ3) is 4.39. The molecule has 0 fully saturated rings. The van der Waals surface area contributed by atoms with Crippen molar-refractivity contribution in [3.63, 3.8) is 0 Å². The molecule has 2 aromatic rings. The molecule has 7 heteroatoms. The third-order valence-corrected chi connectivity index (χ3v) is 3.35. The summed E-state index contributed by atoms with van der Waals surface area (Å²) >= 11 is 5.77. The van der Waals surface area contributed by atoms with Gasteiger partial charge in [0.25, 0.3) is 5.91 Å². The van der Waals surface area contributed by atoms with Crippen LogP contribution in [0.4, 0.5) is 5.69 Å². The van der Waals surface area contributed by atoms with Crippen molar-refractivity contribution >= 4 is 29.2 Å². The monoisotopic (exact) mass is 349 g/mol. The molecule has 0 heterocycles. The standard InChI is InChI=1S/C17H16ClNO5/c1-22-13-4-3-5-14(23-2)16(13)17(21)24-10-15(20)19-12-8-6-11(18)7-9-12/h3-9H,10H2,1-2H3,(H,19,20). The number of carbonyl (C=O) groups is 2. The Morgan fingerprint density at radius 3 is 2.12 bits per heavy atom. The third-order valence-electron chi connectivity index (χ3n) is 3.09. The Morgan fingerprint density at radius 2 is 1.58 bits per heavy atom. The van der Waals surface area contributed by atoms with Crippen LogP contribution in [0.3, 0.4) is 0 Å². The SMILES string of the molecule is COc1cccc(OC)c1C(=O)OCC(=O)Nc1ccc(Cl)cc1. The van der Waals surface area contributed by atoms with Gasteiger partial charge in [-0.15, -0.1) is 0 Å². The first-order valence-corrected chi connectivity index (χ1v) is 7.36. The molecule has 0 aromatic heterocycles. The molecule has 0 aliphatic rings. The zero-order chi connectivity index (χ0) is 17.5. The van der Waals surface area contributed by atoms with Gasteiger partial charge in [-0.2, -0.15) is 0 Å². The van der Waals surface area contributed by atoms with Crippen molar-refractivity contribution in [3.8, 4) is 11.5 Å². The molecule has 0 atom stereocenters. The Hall–Kier alpha value is -2.73. The van der Waals surface area contributed by atoms with Crippen LogP contribution in [0.1, 0.15) is 10.4 Å². The van der Waals surface area contributed by atoms with Crippen LogP contribution in [0.2, 0.25) is 5.02 Å². The molecule has 0 radical (unpaired) electrons. The van der Waals surface area contributed by atoms with Crippen LogP contribution in [0.25, 0.3) is 0 Å². The van der Waals surface area contributed by atoms with Crippen molar-refractivity contribution in [2.24, 2.45) is 0 Å². The zero-order valence-electron chi connectivity index (χ0n) is 13.2. The van der Waals surface area contributed by atoms with Crippen molar-refractivity contribution in [3.05, 3.63) is 53.1 Å². The van der Waals surface area contributed by atoms with Crippen LogP contribution >= 0.6 is 11.6 Å². The predicted octanol–water partition coefficient (Wildman–Crippen LogP) is 3.15. The number of benzene rings is 2. The number of rotatable bonds is 6. The molecular weight excluding hydrogens is 334 g/mol. The van der Waals surface area contributed by atoms with Gasteiger partial charge >= 0.3 is 5.97 Å². The van der Waals surface area contributed by atoms with Gasteiger partial charge in [-0.25, -0.2) is 4.79 Å². The number of esters is 1. The molecule has 1 N–H and O–H groups in total. The highest BCUT2D eigenvalue weighted by atomic mass is 35.5. The summed E-state index contributed by atoms with van der Waals surface area (Å²) < 4.78 is 15.3. The molecule has 0 aliphatic heterocycles. The van der Waals surface area contributed by atoms with E-state index in [1.54, 1.807) is 42.5 Å². The van der Waals surface area contributed by atoms with Gasteiger partial charge in [0.05, 0.1) is 14.2 Å². The molecular formula is C17H16ClNO5. The Kier molecular flexibility index (Phi) is 6.03. The van der Waals surface area contributed by atoms with Gasteiger partial charge in [0.2, 0.25) is 0 Å². The maximum absolute atomic E-state index is 12.2. The van der Waals surface area contributed by atoms with Crippen molar-refractivity contribution in [1.82, 2.24) is 0 Å². The lowest BCUT2D eigenvalue weighted by atomic mass is 10.2. The van der Waals surface area contributed by atoms with E-state index in [1.807, 2.05) is 0 Å². The number of carbonyl (C=O) groups excluding carboxylic acids is 2. The van der Waals surface area contributed by atoms with Crippen LogP contribution in [0.15, 0.2) is 42.5 Å². The second-order valence-electron chi connectivity index (χ2n) is 4.67. The number of methoxy groups -OCH3 is 2. The summed E-state index contributed by atoms with van der Waals surface area (Å²) in [5, 5.41) is 3.15. The van der Waals surface area contributed by atoms with E-state index in [0.717, 1.165) is 0 Å². The molecule has 0 saturated carbocycles. The van der Waals surface area contributed by atoms with Gasteiger partial charge in [-0.05, 0) is 36.4 Å². The maximum Gasteiger partial charge on any atom is 0.346 e. The van der Waals surface area contributed by atoms with Crippen molar-refractivity contribution in [2.45, 2.75) is 0 Å². The quantitative estimate of drug-likeness (QED) is 0.811. The van der Waals surface area contributed by atoms with Crippen LogP contribution in [0, 0.1) is 0 Å². The number of hydrogen-bond donors (Lipinski definition) is 1. The summed E-state index contributed by atoms with van der Waals surface area (Å²) in [6, 6.07) is 11.5. The molecule has 6 nitrogen and oxygen atoms in total. The number of ether oxygens (including phenoxy) is 3. The maximum atomic E-state index is 12.2. The Bertz CT molecular complexity index is 708. The Labute approximate surface area is 144 Å². The second-order valence-corrected chi connectivity index (χ2v) is 5.11. The molecule has 2 aromatic carbocycles. The topological polar surface area (TPSA) is 73.9 Å². The van der Waals surface area contributed by atoms with E-state index in [9.17, 15) is 9.59 Å². The minimum atomic E-state index is -0.712. The highest BCUT2D eigenvalue weighted by Crippen LogP contribution is 2.28. The second kappa shape index (κ2) is 8.21. The molecule has 0 bridgehead atoms. The molecule has 0 saturated heterocycles. The van der Waals surface area contributed by atoms with E-state index in [-0.39, 0.29) is 5.56 Å². The van der Waals surface area contributed by atoms with Crippen molar-refractivity contribution in [2.75, 3.05) is 26.1 Å². The van der Waals surface area contributed by atoms with E-state index in [4.69, 9.17) is 25.8 Å². The molecule has 0 aliphatic carbocycles. The average molecular weight is 350 g/mol. The number of hydrogen-bond acceptors (Lipinski definition) is 5. The van der Waals surface area contributed by atoms with E-state index in [0.29, 0.717) is 22.2 Å². The fraction of sp³-hybridized carbons (Fsp3) is 0.176. The average Bonchev–Trinajstić information content (AvgIpc) is 2.60. The lowest BCUT2D eigenvalue weighted by molar-refractivity contribution is -0.119. The molecule has 24 heavy (non-hydrogen) atoms. The van der Waals surface area contributed by atoms with Gasteiger partial charge in [-0.1, -0.05) is 17.7 Å². The van der Waals surface area contributed by atoms with E-state index in [2.05, 4.69) is 5.32 Å². The molecule has 0 spiro atoms. The van der Waals surface area contributed by atoms with Crippen LogP contribution in [-0.2, 0) is 9.53 Å². The fourth-order valence-corrected chi connectivity index (χ4v) is 2.11. The molecule has 2 rings (SSSR count). The predicted molar refractivity (Wildman–Crippen MR) is 89.9 cm³/mol. The van der Waals surface area contributed by atoms with Crippen LogP contribution in [0.5, 0.6) is 11.5 Å². The highest BCUT2D eigenvalue weighted by molar-refractivity contribution is 6.30. The Balaban J connectivity index is 2.00. The summed E-state index contributed by atoms with van der Waals surface area (Å²) in [6.07, 6.45) is 0. The summed E-state index contributed by atoms with van der Waals surface area (Å²) in [7, 11) is 2.86. The summed E-state index contributed by atoms with van der Waals surface area (Å²) in [5.41, 5.74) is 0.678. The fourth-order valence-electron chi connectivity index (χ4n) is 1.99. The first kappa shape index (κ1) is 17.6. The highest BCUT2D eigenvalue weighted by Gasteiger charge is 2.20. The summed E-state index contributed by atoms with van der Waals surface area (Å²) in [6.45, 7) is -0.442. The van der Waals surface area contributed by atoms with E-state index in [1.165, 1.54) is 14.2 Å². The minimum Gasteiger partial charge on any atom is -0.496 e.